The van der Waals surface area contributed by atoms with Crippen molar-refractivity contribution in [3.8, 4) is 0 Å². The number of carbonyl (C=O) groups excluding carboxylic acids is 1. The summed E-state index contributed by atoms with van der Waals surface area (Å²) in [4.78, 5) is 16.6. The summed E-state index contributed by atoms with van der Waals surface area (Å²) >= 11 is 0. The summed E-state index contributed by atoms with van der Waals surface area (Å²) in [5.74, 6) is 0. The van der Waals surface area contributed by atoms with Crippen molar-refractivity contribution in [3.63, 3.8) is 0 Å². The van der Waals surface area contributed by atoms with Gasteiger partial charge in [-0.2, -0.15) is 0 Å². The Morgan fingerprint density at radius 1 is 1.10 bits per heavy atom. The van der Waals surface area contributed by atoms with E-state index in [2.05, 4.69) is 0 Å². The van der Waals surface area contributed by atoms with Crippen LogP contribution in [0.5, 0.6) is 0 Å². The number of nitrogens with zero attached hydrogens (tertiary/aromatic N) is 1. The molecule has 0 unspecified atom stereocenters. The third-order valence-electron chi connectivity index (χ3n) is 0. The van der Waals surface area contributed by atoms with E-state index in [0.29, 0.717) is 0 Å². The topological polar surface area (TPSA) is 129 Å². The molecule has 0 rings (SSSR count). The Bertz CT molecular complexity index is 73.7. The van der Waals surface area contributed by atoms with E-state index < -0.39 is 11.2 Å². The van der Waals surface area contributed by atoms with Gasteiger partial charge in [-0.1, -0.05) is 0 Å². The van der Waals surface area contributed by atoms with Gasteiger partial charge in [-0.3, -0.25) is 0 Å². The number of rotatable bonds is 0. The molecule has 0 spiro atoms. The van der Waals surface area contributed by atoms with E-state index in [1.165, 1.54) is 0 Å². The second-order valence-electron chi connectivity index (χ2n) is 0.474. The molecule has 0 aliphatic rings. The van der Waals surface area contributed by atoms with Crippen molar-refractivity contribution in [2.24, 2.45) is 0 Å². The first-order valence-corrected chi connectivity index (χ1v) is 1.16. The summed E-state index contributed by atoms with van der Waals surface area (Å²) < 4.78 is 0. The Kier molecular flexibility index (Phi) is 36.0. The van der Waals surface area contributed by atoms with Gasteiger partial charge in [0.15, 0.2) is 0 Å². The van der Waals surface area contributed by atoms with Crippen LogP contribution in [0.15, 0.2) is 0 Å². The Labute approximate surface area is 87.4 Å². The third kappa shape index (κ3) is 64400000. The Morgan fingerprint density at radius 2 is 1.10 bits per heavy atom. The first-order valence-electron chi connectivity index (χ1n) is 1.16. The quantitative estimate of drug-likeness (QED) is 0.211. The molecule has 10 heavy (non-hydrogen) atoms. The summed E-state index contributed by atoms with van der Waals surface area (Å²) in [7, 11) is 0. The van der Waals surface area contributed by atoms with Crippen molar-refractivity contribution < 1.29 is 20.1 Å². The molecular weight excluding hydrogens is 171 g/mol. The van der Waals surface area contributed by atoms with Crippen molar-refractivity contribution in [2.45, 2.75) is 0 Å². The second-order valence-corrected chi connectivity index (χ2v) is 0.474. The number of carboxylic acid groups (broad SMARTS) is 2. The average Bonchev–Trinajstić information content (AvgIpc) is 1.25. The van der Waals surface area contributed by atoms with E-state index in [1.54, 1.807) is 0 Å². The zero-order chi connectivity index (χ0) is 7.15. The van der Waals surface area contributed by atoms with Crippen LogP contribution in [0.1, 0.15) is 0 Å². The van der Waals surface area contributed by atoms with Crippen LogP contribution in [-0.2, 0) is 0 Å². The van der Waals surface area contributed by atoms with Crippen molar-refractivity contribution in [2.75, 3.05) is 0 Å². The summed E-state index contributed by atoms with van der Waals surface area (Å²) in [5, 5.41) is 31.4. The summed E-state index contributed by atoms with van der Waals surface area (Å²) in [5.41, 5.74) is 0. The van der Waals surface area contributed by atoms with Crippen LogP contribution in [0.4, 0.5) is 4.79 Å². The molecule has 0 bridgehead atoms. The number of hydrogen-bond acceptors (Lipinski definition) is 6. The van der Waals surface area contributed by atoms with Crippen LogP contribution in [-0.4, -0.2) is 57.3 Å². The summed E-state index contributed by atoms with van der Waals surface area (Å²) in [6, 6.07) is 0. The van der Waals surface area contributed by atoms with Gasteiger partial charge < -0.3 is 30.3 Å². The van der Waals surface area contributed by atoms with E-state index in [9.17, 15) is 0 Å². The normalized spacial score (nSPS) is 4.80. The maximum absolute atomic E-state index is 8.33. The predicted molar refractivity (Wildman–Crippen MR) is 27.3 cm³/mol. The minimum Gasteiger partial charge on any atom is -0.652 e. The maximum Gasteiger partial charge on any atom is 2.00 e. The SMILES string of the molecule is O=C([O-])[O-].O=[N+]([O-])[O-].[Mg+2].[Mg+2]. The maximum atomic E-state index is 8.33. The molecule has 0 fully saturated rings. The fourth-order valence-electron chi connectivity index (χ4n) is 0. The molecule has 0 amide bonds. The van der Waals surface area contributed by atoms with Gasteiger partial charge in [0.1, 0.15) is 0 Å². The molecule has 0 radical (unpaired) electrons. The van der Waals surface area contributed by atoms with Gasteiger partial charge in [-0.25, -0.2) is 0 Å². The third-order valence-corrected chi connectivity index (χ3v) is 0. The zero-order valence-corrected chi connectivity index (χ0v) is 7.64. The van der Waals surface area contributed by atoms with Gasteiger partial charge in [0.2, 0.25) is 0 Å². The molecule has 48 valence electrons. The van der Waals surface area contributed by atoms with Crippen LogP contribution in [0, 0.1) is 15.3 Å². The molecule has 7 nitrogen and oxygen atoms in total. The van der Waals surface area contributed by atoms with Crippen molar-refractivity contribution in [1.82, 2.24) is 0 Å². The summed E-state index contributed by atoms with van der Waals surface area (Å²) in [6.45, 7) is 0. The molecule has 9 heteroatoms. The Hall–Kier alpha value is 0.00247. The molecule has 0 N–H and O–H groups in total. The minimum atomic E-state index is -2.33. The Morgan fingerprint density at radius 3 is 1.10 bits per heavy atom. The number of hydrogen-bond donors (Lipinski definition) is 0. The van der Waals surface area contributed by atoms with Gasteiger partial charge in [0, 0.05) is 0 Å². The van der Waals surface area contributed by atoms with Gasteiger partial charge in [-0.05, 0) is 6.16 Å². The molecule has 0 saturated carbocycles. The van der Waals surface area contributed by atoms with E-state index in [1.807, 2.05) is 0 Å². The molecule has 0 aliphatic heterocycles. The Balaban J connectivity index is -0.0000000300. The van der Waals surface area contributed by atoms with E-state index in [4.69, 9.17) is 30.3 Å². The zero-order valence-electron chi connectivity index (χ0n) is 4.81. The smallest absolute Gasteiger partial charge is 0.652 e. The molecule has 0 aliphatic carbocycles. The van der Waals surface area contributed by atoms with E-state index >= 15 is 0 Å². The molecule has 0 aromatic rings. The largest absolute Gasteiger partial charge is 2.00 e. The van der Waals surface area contributed by atoms with Crippen LogP contribution >= 0.6 is 0 Å². The molecule has 0 heterocycles. The van der Waals surface area contributed by atoms with Crippen LogP contribution < -0.4 is 10.2 Å². The van der Waals surface area contributed by atoms with Crippen molar-refractivity contribution in [3.05, 3.63) is 15.3 Å². The van der Waals surface area contributed by atoms with Gasteiger partial charge in [0.25, 0.3) is 0 Å². The van der Waals surface area contributed by atoms with Gasteiger partial charge in [-0.15, -0.1) is 0 Å². The monoisotopic (exact) mass is 170 g/mol. The molecule has 0 aromatic heterocycles. The van der Waals surface area contributed by atoms with Crippen molar-refractivity contribution in [1.29, 1.82) is 0 Å². The van der Waals surface area contributed by atoms with Gasteiger partial charge in [0.05, 0.1) is 5.09 Å². The molecular formula is CMg2NO6+. The van der Waals surface area contributed by atoms with Crippen LogP contribution in [0.3, 0.4) is 0 Å². The van der Waals surface area contributed by atoms with E-state index in [-0.39, 0.29) is 46.1 Å². The fourth-order valence-corrected chi connectivity index (χ4v) is 0. The van der Waals surface area contributed by atoms with Crippen LogP contribution in [0.2, 0.25) is 0 Å². The predicted octanol–water partition coefficient (Wildman–Crippen LogP) is -3.45. The minimum absolute atomic E-state index is 0. The standard InChI is InChI=1S/CH2O3.2Mg.NO3/c2-1(3)4;;;2-1(3)4/h(H2,2,3,4);;;/q;2*+2;-1/p-2. The van der Waals surface area contributed by atoms with Gasteiger partial charge >= 0.3 is 46.1 Å². The van der Waals surface area contributed by atoms with Crippen LogP contribution in [0.25, 0.3) is 0 Å². The van der Waals surface area contributed by atoms with E-state index in [0.717, 1.165) is 0 Å². The average molecular weight is 171 g/mol. The second kappa shape index (κ2) is 16.0. The fraction of sp³-hybridized carbons (Fsp3) is 0. The molecule has 0 atom stereocenters. The molecule has 0 saturated heterocycles. The number of carbonyl (C=O) groups is 1. The molecule has 0 aromatic carbocycles. The summed E-state index contributed by atoms with van der Waals surface area (Å²) in [6.07, 6.45) is -2.33. The van der Waals surface area contributed by atoms with Crippen molar-refractivity contribution >= 4 is 52.3 Å². The first-order chi connectivity index (χ1) is 3.46. The first kappa shape index (κ1) is 22.5.